The van der Waals surface area contributed by atoms with Gasteiger partial charge in [-0.2, -0.15) is 13.2 Å². The van der Waals surface area contributed by atoms with Crippen LogP contribution < -0.4 is 15.4 Å². The molecule has 1 aromatic rings. The largest absolute Gasteiger partial charge is 0.497 e. The summed E-state index contributed by atoms with van der Waals surface area (Å²) >= 11 is 0. The summed E-state index contributed by atoms with van der Waals surface area (Å²) in [4.78, 5) is 12.2. The first-order valence-electron chi connectivity index (χ1n) is 6.54. The maximum Gasteiger partial charge on any atom is 0.418 e. The van der Waals surface area contributed by atoms with E-state index < -0.39 is 23.1 Å². The van der Waals surface area contributed by atoms with Gasteiger partial charge in [0.15, 0.2) is 0 Å². The molecule has 1 amide bonds. The molecule has 1 heterocycles. The molecule has 1 aromatic carbocycles. The predicted molar refractivity (Wildman–Crippen MR) is 72.2 cm³/mol. The number of ether oxygens (including phenoxy) is 1. The monoisotopic (exact) mass is 302 g/mol. The third-order valence-electron chi connectivity index (χ3n) is 3.70. The van der Waals surface area contributed by atoms with Crippen molar-refractivity contribution in [3.63, 3.8) is 0 Å². The number of methoxy groups -OCH3 is 1. The van der Waals surface area contributed by atoms with Crippen LogP contribution in [0.25, 0.3) is 0 Å². The SMILES string of the molecule is COc1ccc(NC(=O)C2(C)CCNC2)c(C(F)(F)F)c1. The summed E-state index contributed by atoms with van der Waals surface area (Å²) < 4.78 is 44.0. The molecule has 0 spiro atoms. The quantitative estimate of drug-likeness (QED) is 0.902. The fourth-order valence-corrected chi connectivity index (χ4v) is 2.28. The molecule has 1 unspecified atom stereocenters. The van der Waals surface area contributed by atoms with Crippen molar-refractivity contribution in [1.29, 1.82) is 0 Å². The predicted octanol–water partition coefficient (Wildman–Crippen LogP) is 2.65. The van der Waals surface area contributed by atoms with E-state index in [2.05, 4.69) is 10.6 Å². The Morgan fingerprint density at radius 2 is 2.14 bits per heavy atom. The van der Waals surface area contributed by atoms with Gasteiger partial charge in [0.1, 0.15) is 5.75 Å². The van der Waals surface area contributed by atoms with E-state index in [1.807, 2.05) is 0 Å². The van der Waals surface area contributed by atoms with E-state index in [-0.39, 0.29) is 11.4 Å². The van der Waals surface area contributed by atoms with E-state index in [0.29, 0.717) is 19.5 Å². The molecule has 1 saturated heterocycles. The summed E-state index contributed by atoms with van der Waals surface area (Å²) in [5, 5.41) is 5.44. The third-order valence-corrected chi connectivity index (χ3v) is 3.70. The molecule has 0 aromatic heterocycles. The molecule has 4 nitrogen and oxygen atoms in total. The summed E-state index contributed by atoms with van der Waals surface area (Å²) in [6, 6.07) is 3.48. The number of rotatable bonds is 3. The van der Waals surface area contributed by atoms with Crippen molar-refractivity contribution < 1.29 is 22.7 Å². The van der Waals surface area contributed by atoms with Crippen LogP contribution in [0.4, 0.5) is 18.9 Å². The molecule has 0 radical (unpaired) electrons. The van der Waals surface area contributed by atoms with E-state index in [9.17, 15) is 18.0 Å². The van der Waals surface area contributed by atoms with Crippen LogP contribution in [0.5, 0.6) is 5.75 Å². The number of amides is 1. The molecule has 0 saturated carbocycles. The Kier molecular flexibility index (Phi) is 4.13. The van der Waals surface area contributed by atoms with Crippen molar-refractivity contribution >= 4 is 11.6 Å². The number of hydrogen-bond donors (Lipinski definition) is 2. The molecule has 1 aliphatic heterocycles. The Balaban J connectivity index is 2.29. The standard InChI is InChI=1S/C14H17F3N2O2/c1-13(5-6-18-8-13)12(20)19-11-4-3-9(21-2)7-10(11)14(15,16)17/h3-4,7,18H,5-6,8H2,1-2H3,(H,19,20). The fourth-order valence-electron chi connectivity index (χ4n) is 2.28. The lowest BCUT2D eigenvalue weighted by molar-refractivity contribution is -0.137. The number of carbonyl (C=O) groups excluding carboxylic acids is 1. The molecule has 1 atom stereocenters. The molecule has 2 rings (SSSR count). The van der Waals surface area contributed by atoms with Gasteiger partial charge in [-0.05, 0) is 38.1 Å². The summed E-state index contributed by atoms with van der Waals surface area (Å²) in [5.74, 6) is -0.322. The Morgan fingerprint density at radius 1 is 1.43 bits per heavy atom. The molecule has 7 heteroatoms. The highest BCUT2D eigenvalue weighted by Gasteiger charge is 2.39. The topological polar surface area (TPSA) is 50.4 Å². The Morgan fingerprint density at radius 3 is 2.67 bits per heavy atom. The van der Waals surface area contributed by atoms with Gasteiger partial charge in [0.25, 0.3) is 0 Å². The zero-order chi connectivity index (χ0) is 15.7. The Hall–Kier alpha value is -1.76. The first kappa shape index (κ1) is 15.6. The second-order valence-electron chi connectivity index (χ2n) is 5.35. The van der Waals surface area contributed by atoms with Gasteiger partial charge < -0.3 is 15.4 Å². The first-order valence-corrected chi connectivity index (χ1v) is 6.54. The smallest absolute Gasteiger partial charge is 0.418 e. The molecule has 1 aliphatic rings. The number of benzene rings is 1. The number of halogens is 3. The van der Waals surface area contributed by atoms with Crippen LogP contribution in [0, 0.1) is 5.41 Å². The third kappa shape index (κ3) is 3.29. The van der Waals surface area contributed by atoms with Crippen LogP contribution in [0.2, 0.25) is 0 Å². The second-order valence-corrected chi connectivity index (χ2v) is 5.35. The van der Waals surface area contributed by atoms with Crippen molar-refractivity contribution in [3.8, 4) is 5.75 Å². The maximum atomic E-state index is 13.1. The number of anilines is 1. The molecule has 21 heavy (non-hydrogen) atoms. The van der Waals surface area contributed by atoms with Crippen molar-refractivity contribution in [3.05, 3.63) is 23.8 Å². The van der Waals surface area contributed by atoms with Crippen molar-refractivity contribution in [2.45, 2.75) is 19.5 Å². The zero-order valence-electron chi connectivity index (χ0n) is 11.8. The summed E-state index contributed by atoms with van der Waals surface area (Å²) in [6.45, 7) is 2.87. The van der Waals surface area contributed by atoms with Crippen LogP contribution in [0.15, 0.2) is 18.2 Å². The van der Waals surface area contributed by atoms with E-state index in [0.717, 1.165) is 6.07 Å². The molecule has 1 fully saturated rings. The molecule has 0 bridgehead atoms. The van der Waals surface area contributed by atoms with Gasteiger partial charge in [-0.1, -0.05) is 0 Å². The molecule has 116 valence electrons. The molecular weight excluding hydrogens is 285 g/mol. The average molecular weight is 302 g/mol. The number of carbonyl (C=O) groups is 1. The average Bonchev–Trinajstić information content (AvgIpc) is 2.86. The van der Waals surface area contributed by atoms with Crippen molar-refractivity contribution in [1.82, 2.24) is 5.32 Å². The van der Waals surface area contributed by atoms with Crippen LogP contribution in [0.3, 0.4) is 0 Å². The first-order chi connectivity index (χ1) is 9.76. The van der Waals surface area contributed by atoms with Gasteiger partial charge in [0.05, 0.1) is 23.8 Å². The van der Waals surface area contributed by atoms with Gasteiger partial charge in [-0.3, -0.25) is 4.79 Å². The lowest BCUT2D eigenvalue weighted by Gasteiger charge is -2.23. The molecular formula is C14H17F3N2O2. The summed E-state index contributed by atoms with van der Waals surface area (Å²) in [7, 11) is 1.29. The van der Waals surface area contributed by atoms with Gasteiger partial charge >= 0.3 is 6.18 Å². The second kappa shape index (κ2) is 5.55. The lowest BCUT2D eigenvalue weighted by atomic mass is 9.88. The minimum atomic E-state index is -4.56. The van der Waals surface area contributed by atoms with Crippen LogP contribution in [-0.2, 0) is 11.0 Å². The highest BCUT2D eigenvalue weighted by molar-refractivity contribution is 5.96. The lowest BCUT2D eigenvalue weighted by Crippen LogP contribution is -2.35. The van der Waals surface area contributed by atoms with Gasteiger partial charge in [0, 0.05) is 6.54 Å². The van der Waals surface area contributed by atoms with E-state index >= 15 is 0 Å². The highest BCUT2D eigenvalue weighted by atomic mass is 19.4. The van der Waals surface area contributed by atoms with Crippen LogP contribution >= 0.6 is 0 Å². The van der Waals surface area contributed by atoms with Crippen molar-refractivity contribution in [2.24, 2.45) is 5.41 Å². The van der Waals surface area contributed by atoms with Gasteiger partial charge in [0.2, 0.25) is 5.91 Å². The minimum absolute atomic E-state index is 0.0917. The van der Waals surface area contributed by atoms with Gasteiger partial charge in [-0.15, -0.1) is 0 Å². The Bertz CT molecular complexity index is 538. The van der Waals surface area contributed by atoms with Gasteiger partial charge in [-0.25, -0.2) is 0 Å². The van der Waals surface area contributed by atoms with E-state index in [1.165, 1.54) is 19.2 Å². The van der Waals surface area contributed by atoms with E-state index in [4.69, 9.17) is 4.74 Å². The fraction of sp³-hybridized carbons (Fsp3) is 0.500. The number of nitrogens with one attached hydrogen (secondary N) is 2. The van der Waals surface area contributed by atoms with Crippen LogP contribution in [-0.4, -0.2) is 26.1 Å². The maximum absolute atomic E-state index is 13.1. The van der Waals surface area contributed by atoms with Crippen LogP contribution in [0.1, 0.15) is 18.9 Å². The summed E-state index contributed by atoms with van der Waals surface area (Å²) in [5.41, 5.74) is -1.85. The molecule has 2 N–H and O–H groups in total. The molecule has 0 aliphatic carbocycles. The Labute approximate surface area is 120 Å². The zero-order valence-corrected chi connectivity index (χ0v) is 11.8. The highest BCUT2D eigenvalue weighted by Crippen LogP contribution is 2.38. The minimum Gasteiger partial charge on any atom is -0.497 e. The number of alkyl halides is 3. The van der Waals surface area contributed by atoms with Crippen molar-refractivity contribution in [2.75, 3.05) is 25.5 Å². The van der Waals surface area contributed by atoms with E-state index in [1.54, 1.807) is 6.92 Å². The number of hydrogen-bond acceptors (Lipinski definition) is 3. The normalized spacial score (nSPS) is 22.1. The summed E-state index contributed by atoms with van der Waals surface area (Å²) in [6.07, 6.45) is -3.97.